The average molecular weight is 480 g/mol. The van der Waals surface area contributed by atoms with E-state index in [0.717, 1.165) is 12.0 Å². The van der Waals surface area contributed by atoms with Crippen LogP contribution in [0.4, 0.5) is 4.79 Å². The molecule has 0 unspecified atom stereocenters. The minimum Gasteiger partial charge on any atom is -0.445 e. The number of carbonyl (C=O) groups is 1. The van der Waals surface area contributed by atoms with Crippen molar-refractivity contribution < 1.29 is 18.4 Å². The third kappa shape index (κ3) is 6.92. The van der Waals surface area contributed by atoms with E-state index in [0.29, 0.717) is 13.1 Å². The normalized spacial score (nSPS) is 20.9. The Morgan fingerprint density at radius 1 is 0.906 bits per heavy atom. The van der Waals surface area contributed by atoms with Crippen LogP contribution in [-0.4, -0.2) is 52.9 Å². The zero-order valence-electron chi connectivity index (χ0n) is 22.0. The fourth-order valence-electron chi connectivity index (χ4n) is 3.23. The van der Waals surface area contributed by atoms with Gasteiger partial charge in [0.15, 0.2) is 16.6 Å². The fourth-order valence-corrected chi connectivity index (χ4v) is 5.95. The zero-order chi connectivity index (χ0) is 24.4. The summed E-state index contributed by atoms with van der Waals surface area (Å²) in [7, 11) is -4.00. The molecule has 0 aromatic heterocycles. The Labute approximate surface area is 198 Å². The Morgan fingerprint density at radius 3 is 1.91 bits per heavy atom. The molecule has 0 bridgehead atoms. The van der Waals surface area contributed by atoms with Crippen LogP contribution in [0.15, 0.2) is 30.3 Å². The number of rotatable bonds is 6. The molecule has 2 rings (SSSR count). The van der Waals surface area contributed by atoms with Gasteiger partial charge in [0.05, 0.1) is 18.8 Å². The van der Waals surface area contributed by atoms with Gasteiger partial charge in [-0.15, -0.1) is 0 Å². The highest BCUT2D eigenvalue weighted by molar-refractivity contribution is 6.74. The molecule has 0 radical (unpaired) electrons. The smallest absolute Gasteiger partial charge is 0.410 e. The molecule has 1 aromatic carbocycles. The summed E-state index contributed by atoms with van der Waals surface area (Å²) in [5, 5.41) is 0.213. The van der Waals surface area contributed by atoms with E-state index in [4.69, 9.17) is 13.6 Å². The number of hydrogen-bond acceptors (Lipinski definition) is 4. The maximum Gasteiger partial charge on any atom is 0.410 e. The van der Waals surface area contributed by atoms with Crippen molar-refractivity contribution in [2.24, 2.45) is 0 Å². The largest absolute Gasteiger partial charge is 0.445 e. The number of carbonyl (C=O) groups excluding carboxylic acids is 1. The van der Waals surface area contributed by atoms with Crippen molar-refractivity contribution >= 4 is 22.7 Å². The Morgan fingerprint density at radius 2 is 1.41 bits per heavy atom. The van der Waals surface area contributed by atoms with E-state index >= 15 is 0 Å². The van der Waals surface area contributed by atoms with Crippen LogP contribution in [0.3, 0.4) is 0 Å². The number of ether oxygens (including phenoxy) is 1. The van der Waals surface area contributed by atoms with Gasteiger partial charge in [-0.2, -0.15) is 0 Å². The molecule has 1 heterocycles. The van der Waals surface area contributed by atoms with Gasteiger partial charge in [0.1, 0.15) is 6.61 Å². The molecule has 1 amide bonds. The molecule has 7 heteroatoms. The molecule has 0 spiro atoms. The molecule has 32 heavy (non-hydrogen) atoms. The third-order valence-corrected chi connectivity index (χ3v) is 16.5. The lowest BCUT2D eigenvalue weighted by Crippen LogP contribution is -2.58. The van der Waals surface area contributed by atoms with Crippen molar-refractivity contribution in [1.82, 2.24) is 4.90 Å². The van der Waals surface area contributed by atoms with Gasteiger partial charge >= 0.3 is 6.09 Å². The first-order valence-electron chi connectivity index (χ1n) is 11.8. The molecule has 2 atom stereocenters. The number of likely N-dealkylation sites (tertiary alicyclic amines) is 1. The summed E-state index contributed by atoms with van der Waals surface area (Å²) in [6.07, 6.45) is 0.362. The lowest BCUT2D eigenvalue weighted by atomic mass is 10.1. The van der Waals surface area contributed by atoms with Crippen LogP contribution >= 0.6 is 0 Å². The van der Waals surface area contributed by atoms with Crippen molar-refractivity contribution in [1.29, 1.82) is 0 Å². The summed E-state index contributed by atoms with van der Waals surface area (Å²) < 4.78 is 19.3. The molecule has 182 valence electrons. The standard InChI is InChI=1S/C25H45NO4Si2/c1-24(2,3)31(7,8)29-21-16-17-26(18-22(21)30-32(9,10)25(4,5)6)23(27)28-19-20-14-12-11-13-15-20/h11-15,21-22H,16-19H2,1-10H3/t21-,22-/m1/s1. The Kier molecular flexibility index (Phi) is 8.46. The summed E-state index contributed by atoms with van der Waals surface area (Å²) in [6, 6.07) is 9.80. The molecule has 1 aromatic rings. The molecule has 0 saturated carbocycles. The summed E-state index contributed by atoms with van der Waals surface area (Å²) in [5.41, 5.74) is 0.992. The molecule has 5 nitrogen and oxygen atoms in total. The minimum absolute atomic E-state index is 0.00295. The first-order chi connectivity index (χ1) is 14.5. The first kappa shape index (κ1) is 27.1. The zero-order valence-corrected chi connectivity index (χ0v) is 24.0. The van der Waals surface area contributed by atoms with Crippen LogP contribution in [0.2, 0.25) is 36.3 Å². The summed E-state index contributed by atoms with van der Waals surface area (Å²) in [6.45, 7) is 24.1. The summed E-state index contributed by atoms with van der Waals surface area (Å²) >= 11 is 0. The Balaban J connectivity index is 2.15. The van der Waals surface area contributed by atoms with Gasteiger partial charge in [0.25, 0.3) is 0 Å². The van der Waals surface area contributed by atoms with Gasteiger partial charge in [0, 0.05) is 6.54 Å². The van der Waals surface area contributed by atoms with E-state index in [1.807, 2.05) is 30.3 Å². The molecule has 1 saturated heterocycles. The Hall–Kier alpha value is -1.16. The molecule has 1 fully saturated rings. The minimum atomic E-state index is -2.03. The van der Waals surface area contributed by atoms with Crippen LogP contribution in [-0.2, 0) is 20.2 Å². The number of hydrogen-bond donors (Lipinski definition) is 0. The quantitative estimate of drug-likeness (QED) is 0.420. The summed E-state index contributed by atoms with van der Waals surface area (Å²) in [5.74, 6) is 0. The maximum absolute atomic E-state index is 12.9. The van der Waals surface area contributed by atoms with E-state index in [-0.39, 0.29) is 35.0 Å². The second-order valence-corrected chi connectivity index (χ2v) is 21.6. The lowest BCUT2D eigenvalue weighted by Gasteiger charge is -2.48. The van der Waals surface area contributed by atoms with Crippen LogP contribution in [0, 0.1) is 0 Å². The molecular weight excluding hydrogens is 434 g/mol. The highest BCUT2D eigenvalue weighted by atomic mass is 28.4. The van der Waals surface area contributed by atoms with Crippen LogP contribution in [0.5, 0.6) is 0 Å². The van der Waals surface area contributed by atoms with Gasteiger partial charge in [-0.25, -0.2) is 4.79 Å². The van der Waals surface area contributed by atoms with Crippen molar-refractivity contribution in [3.63, 3.8) is 0 Å². The number of amides is 1. The molecular formula is C25H45NO4Si2. The van der Waals surface area contributed by atoms with Gasteiger partial charge in [-0.1, -0.05) is 71.9 Å². The van der Waals surface area contributed by atoms with Crippen molar-refractivity contribution in [2.45, 2.75) is 103 Å². The van der Waals surface area contributed by atoms with Crippen LogP contribution in [0.25, 0.3) is 0 Å². The molecule has 1 aliphatic rings. The SMILES string of the molecule is CC(C)(C)[Si](C)(C)O[C@@H]1CCN(C(=O)OCc2ccccc2)C[C@H]1O[Si](C)(C)C(C)(C)C. The fraction of sp³-hybridized carbons (Fsp3) is 0.720. The third-order valence-electron chi connectivity index (χ3n) is 7.47. The number of piperidine rings is 1. The van der Waals surface area contributed by atoms with Crippen molar-refractivity contribution in [2.75, 3.05) is 13.1 Å². The Bertz CT molecular complexity index is 753. The van der Waals surface area contributed by atoms with Gasteiger partial charge in [-0.3, -0.25) is 0 Å². The average Bonchev–Trinajstić information content (AvgIpc) is 2.66. The molecule has 0 aliphatic carbocycles. The monoisotopic (exact) mass is 479 g/mol. The predicted octanol–water partition coefficient (Wildman–Crippen LogP) is 6.81. The van der Waals surface area contributed by atoms with E-state index < -0.39 is 16.6 Å². The maximum atomic E-state index is 12.9. The predicted molar refractivity (Wildman–Crippen MR) is 137 cm³/mol. The van der Waals surface area contributed by atoms with E-state index in [1.165, 1.54) is 0 Å². The van der Waals surface area contributed by atoms with E-state index in [2.05, 4.69) is 67.7 Å². The molecule has 0 N–H and O–H groups in total. The van der Waals surface area contributed by atoms with Crippen molar-refractivity contribution in [3.8, 4) is 0 Å². The van der Waals surface area contributed by atoms with Crippen molar-refractivity contribution in [3.05, 3.63) is 35.9 Å². The van der Waals surface area contributed by atoms with Crippen LogP contribution in [0.1, 0.15) is 53.5 Å². The van der Waals surface area contributed by atoms with Gasteiger partial charge in [-0.05, 0) is 48.2 Å². The highest BCUT2D eigenvalue weighted by Crippen LogP contribution is 2.41. The van der Waals surface area contributed by atoms with Gasteiger partial charge in [0.2, 0.25) is 0 Å². The van der Waals surface area contributed by atoms with E-state index in [9.17, 15) is 4.79 Å². The van der Waals surface area contributed by atoms with Gasteiger partial charge < -0.3 is 18.5 Å². The second kappa shape index (κ2) is 9.99. The number of benzene rings is 1. The highest BCUT2D eigenvalue weighted by Gasteiger charge is 2.46. The molecule has 1 aliphatic heterocycles. The first-order valence-corrected chi connectivity index (χ1v) is 17.7. The second-order valence-electron chi connectivity index (χ2n) is 12.1. The topological polar surface area (TPSA) is 48.0 Å². The van der Waals surface area contributed by atoms with Crippen LogP contribution < -0.4 is 0 Å². The number of nitrogens with zero attached hydrogens (tertiary/aromatic N) is 1. The summed E-state index contributed by atoms with van der Waals surface area (Å²) in [4.78, 5) is 14.7. The lowest BCUT2D eigenvalue weighted by molar-refractivity contribution is -0.0244. The van der Waals surface area contributed by atoms with E-state index in [1.54, 1.807) is 4.90 Å².